The van der Waals surface area contributed by atoms with Crippen LogP contribution in [0.25, 0.3) is 0 Å². The number of morpholine rings is 1. The van der Waals surface area contributed by atoms with E-state index in [1.54, 1.807) is 0 Å². The van der Waals surface area contributed by atoms with Crippen LogP contribution in [0, 0.1) is 0 Å². The highest BCUT2D eigenvalue weighted by molar-refractivity contribution is 9.09. The Labute approximate surface area is 108 Å². The van der Waals surface area contributed by atoms with E-state index in [1.165, 1.54) is 13.0 Å². The normalized spacial score (nSPS) is 26.2. The summed E-state index contributed by atoms with van der Waals surface area (Å²) < 4.78 is 5.98. The van der Waals surface area contributed by atoms with E-state index in [4.69, 9.17) is 4.74 Å². The maximum absolute atomic E-state index is 5.98. The molecular formula is C12H25BrN2O. The minimum absolute atomic E-state index is 0.00516. The highest BCUT2D eigenvalue weighted by Crippen LogP contribution is 2.21. The SMILES string of the molecule is CN(C)CCCN1CC(CBr)OC(C)(C)C1. The quantitative estimate of drug-likeness (QED) is 0.719. The van der Waals surface area contributed by atoms with Gasteiger partial charge in [-0.15, -0.1) is 0 Å². The maximum Gasteiger partial charge on any atom is 0.0806 e. The second-order valence-electron chi connectivity index (χ2n) is 5.55. The van der Waals surface area contributed by atoms with Crippen molar-refractivity contribution < 1.29 is 4.74 Å². The Balaban J connectivity index is 2.35. The summed E-state index contributed by atoms with van der Waals surface area (Å²) in [6, 6.07) is 0. The topological polar surface area (TPSA) is 15.7 Å². The van der Waals surface area contributed by atoms with Gasteiger partial charge in [0.2, 0.25) is 0 Å². The van der Waals surface area contributed by atoms with Crippen LogP contribution >= 0.6 is 15.9 Å². The first kappa shape index (κ1) is 14.4. The van der Waals surface area contributed by atoms with Crippen LogP contribution in [0.5, 0.6) is 0 Å². The molecular weight excluding hydrogens is 268 g/mol. The summed E-state index contributed by atoms with van der Waals surface area (Å²) in [5.41, 5.74) is -0.00516. The van der Waals surface area contributed by atoms with Crippen molar-refractivity contribution in [3.8, 4) is 0 Å². The molecule has 1 heterocycles. The molecule has 0 amide bonds. The van der Waals surface area contributed by atoms with Gasteiger partial charge in [0.1, 0.15) is 0 Å². The zero-order valence-electron chi connectivity index (χ0n) is 11.0. The average Bonchev–Trinajstić information content (AvgIpc) is 2.14. The molecule has 0 aliphatic carbocycles. The maximum atomic E-state index is 5.98. The van der Waals surface area contributed by atoms with Crippen molar-refractivity contribution in [3.05, 3.63) is 0 Å². The Morgan fingerprint density at radius 3 is 2.69 bits per heavy atom. The number of ether oxygens (including phenoxy) is 1. The van der Waals surface area contributed by atoms with Crippen LogP contribution in [0.2, 0.25) is 0 Å². The van der Waals surface area contributed by atoms with Gasteiger partial charge < -0.3 is 9.64 Å². The summed E-state index contributed by atoms with van der Waals surface area (Å²) >= 11 is 3.52. The van der Waals surface area contributed by atoms with Crippen LogP contribution in [-0.4, -0.2) is 67.1 Å². The third-order valence-corrected chi connectivity index (χ3v) is 3.53. The van der Waals surface area contributed by atoms with Crippen molar-refractivity contribution in [1.82, 2.24) is 9.80 Å². The smallest absolute Gasteiger partial charge is 0.0806 e. The first-order chi connectivity index (χ1) is 7.43. The van der Waals surface area contributed by atoms with E-state index >= 15 is 0 Å². The number of hydrogen-bond donors (Lipinski definition) is 0. The molecule has 1 aliphatic heterocycles. The third kappa shape index (κ3) is 5.13. The molecule has 1 atom stereocenters. The Morgan fingerprint density at radius 1 is 1.44 bits per heavy atom. The van der Waals surface area contributed by atoms with Gasteiger partial charge in [0.05, 0.1) is 11.7 Å². The van der Waals surface area contributed by atoms with Crippen LogP contribution in [0.15, 0.2) is 0 Å². The molecule has 3 nitrogen and oxygen atoms in total. The molecule has 1 saturated heterocycles. The van der Waals surface area contributed by atoms with Crippen LogP contribution in [0.1, 0.15) is 20.3 Å². The molecule has 0 N–H and O–H groups in total. The van der Waals surface area contributed by atoms with Crippen molar-refractivity contribution in [1.29, 1.82) is 0 Å². The Morgan fingerprint density at radius 2 is 2.12 bits per heavy atom. The van der Waals surface area contributed by atoms with Gasteiger partial charge >= 0.3 is 0 Å². The van der Waals surface area contributed by atoms with Crippen LogP contribution in [0.4, 0.5) is 0 Å². The summed E-state index contributed by atoms with van der Waals surface area (Å²) in [4.78, 5) is 4.77. The molecule has 0 radical (unpaired) electrons. The highest BCUT2D eigenvalue weighted by atomic mass is 79.9. The zero-order chi connectivity index (χ0) is 12.2. The lowest BCUT2D eigenvalue weighted by molar-refractivity contribution is -0.126. The van der Waals surface area contributed by atoms with Crippen LogP contribution in [0.3, 0.4) is 0 Å². The number of alkyl halides is 1. The standard InChI is InChI=1S/C12H25BrN2O/c1-12(2)10-15(7-5-6-14(3)4)9-11(8-13)16-12/h11H,5-10H2,1-4H3. The van der Waals surface area contributed by atoms with Gasteiger partial charge in [-0.2, -0.15) is 0 Å². The lowest BCUT2D eigenvalue weighted by Crippen LogP contribution is -2.53. The minimum Gasteiger partial charge on any atom is -0.369 e. The molecule has 1 fully saturated rings. The Bertz CT molecular complexity index is 209. The van der Waals surface area contributed by atoms with Gasteiger partial charge in [0.15, 0.2) is 0 Å². The largest absolute Gasteiger partial charge is 0.369 e. The summed E-state index contributed by atoms with van der Waals surface area (Å²) in [6.07, 6.45) is 1.57. The van der Waals surface area contributed by atoms with Crippen LogP contribution < -0.4 is 0 Å². The minimum atomic E-state index is -0.00516. The van der Waals surface area contributed by atoms with Gasteiger partial charge in [0, 0.05) is 18.4 Å². The molecule has 1 unspecified atom stereocenters. The lowest BCUT2D eigenvalue weighted by Gasteiger charge is -2.42. The first-order valence-electron chi connectivity index (χ1n) is 6.04. The van der Waals surface area contributed by atoms with Gasteiger partial charge in [-0.05, 0) is 47.5 Å². The van der Waals surface area contributed by atoms with Crippen LogP contribution in [-0.2, 0) is 4.74 Å². The predicted molar refractivity (Wildman–Crippen MR) is 72.4 cm³/mol. The van der Waals surface area contributed by atoms with E-state index in [-0.39, 0.29) is 5.60 Å². The van der Waals surface area contributed by atoms with Crippen molar-refractivity contribution in [3.63, 3.8) is 0 Å². The van der Waals surface area contributed by atoms with E-state index in [9.17, 15) is 0 Å². The number of nitrogens with zero attached hydrogens (tertiary/aromatic N) is 2. The van der Waals surface area contributed by atoms with Gasteiger partial charge in [-0.1, -0.05) is 15.9 Å². The van der Waals surface area contributed by atoms with E-state index < -0.39 is 0 Å². The van der Waals surface area contributed by atoms with Crippen molar-refractivity contribution >= 4 is 15.9 Å². The monoisotopic (exact) mass is 292 g/mol. The fourth-order valence-corrected chi connectivity index (χ4v) is 2.61. The van der Waals surface area contributed by atoms with Crippen molar-refractivity contribution in [2.45, 2.75) is 32.0 Å². The molecule has 96 valence electrons. The molecule has 0 bridgehead atoms. The molecule has 0 saturated carbocycles. The van der Waals surface area contributed by atoms with E-state index in [0.29, 0.717) is 6.10 Å². The van der Waals surface area contributed by atoms with Gasteiger partial charge in [-0.25, -0.2) is 0 Å². The molecule has 0 spiro atoms. The molecule has 1 aliphatic rings. The fourth-order valence-electron chi connectivity index (χ4n) is 2.28. The molecule has 0 aromatic rings. The van der Waals surface area contributed by atoms with Gasteiger partial charge in [0.25, 0.3) is 0 Å². The predicted octanol–water partition coefficient (Wildman–Crippen LogP) is 1.81. The fraction of sp³-hybridized carbons (Fsp3) is 1.00. The summed E-state index contributed by atoms with van der Waals surface area (Å²) in [5.74, 6) is 0. The Kier molecular flexibility index (Phi) is 5.71. The average molecular weight is 293 g/mol. The summed E-state index contributed by atoms with van der Waals surface area (Å²) in [7, 11) is 4.26. The highest BCUT2D eigenvalue weighted by Gasteiger charge is 2.32. The number of halogens is 1. The molecule has 0 aromatic carbocycles. The third-order valence-electron chi connectivity index (χ3n) is 2.80. The van der Waals surface area contributed by atoms with Crippen molar-refractivity contribution in [2.75, 3.05) is 45.6 Å². The molecule has 0 aromatic heterocycles. The van der Waals surface area contributed by atoms with Gasteiger partial charge in [-0.3, -0.25) is 4.90 Å². The van der Waals surface area contributed by atoms with E-state index in [1.807, 2.05) is 0 Å². The molecule has 1 rings (SSSR count). The second kappa shape index (κ2) is 6.34. The summed E-state index contributed by atoms with van der Waals surface area (Å²) in [5, 5.41) is 0.931. The lowest BCUT2D eigenvalue weighted by atomic mass is 10.1. The number of rotatable bonds is 5. The first-order valence-corrected chi connectivity index (χ1v) is 7.16. The van der Waals surface area contributed by atoms with E-state index in [2.05, 4.69) is 53.7 Å². The molecule has 4 heteroatoms. The Hall–Kier alpha value is 0.360. The van der Waals surface area contributed by atoms with Crippen molar-refractivity contribution in [2.24, 2.45) is 0 Å². The zero-order valence-corrected chi connectivity index (χ0v) is 12.6. The number of hydrogen-bond acceptors (Lipinski definition) is 3. The molecule has 16 heavy (non-hydrogen) atoms. The second-order valence-corrected chi connectivity index (χ2v) is 6.19. The summed E-state index contributed by atoms with van der Waals surface area (Å²) in [6.45, 7) is 8.80. The van der Waals surface area contributed by atoms with E-state index in [0.717, 1.165) is 25.0 Å².